The summed E-state index contributed by atoms with van der Waals surface area (Å²) in [6, 6.07) is 4.56. The molecule has 0 radical (unpaired) electrons. The molecule has 1 aromatic rings. The molecule has 1 N–H and O–H groups in total. The van der Waals surface area contributed by atoms with E-state index < -0.39 is 11.6 Å². The van der Waals surface area contributed by atoms with E-state index in [9.17, 15) is 8.78 Å². The summed E-state index contributed by atoms with van der Waals surface area (Å²) in [4.78, 5) is 0. The van der Waals surface area contributed by atoms with Gasteiger partial charge in [0.05, 0.1) is 0 Å². The van der Waals surface area contributed by atoms with Crippen LogP contribution in [0.1, 0.15) is 31.7 Å². The van der Waals surface area contributed by atoms with Crippen LogP contribution in [0.15, 0.2) is 18.2 Å². The largest absolute Gasteiger partial charge is 0.314 e. The van der Waals surface area contributed by atoms with Crippen molar-refractivity contribution in [2.75, 3.05) is 6.54 Å². The summed E-state index contributed by atoms with van der Waals surface area (Å²) < 4.78 is 26.1. The molecule has 1 unspecified atom stereocenters. The third-order valence-electron chi connectivity index (χ3n) is 3.25. The van der Waals surface area contributed by atoms with Crippen LogP contribution < -0.4 is 5.32 Å². The molecular formula is C14H19F2N. The first kappa shape index (κ1) is 12.5. The van der Waals surface area contributed by atoms with Crippen LogP contribution in [-0.4, -0.2) is 12.6 Å². The van der Waals surface area contributed by atoms with E-state index in [4.69, 9.17) is 0 Å². The molecule has 0 saturated heterocycles. The fraction of sp³-hybridized carbons (Fsp3) is 0.571. The fourth-order valence-electron chi connectivity index (χ4n) is 1.88. The molecule has 1 saturated carbocycles. The molecular weight excluding hydrogens is 220 g/mol. The Balaban J connectivity index is 1.75. The highest BCUT2D eigenvalue weighted by Crippen LogP contribution is 2.20. The van der Waals surface area contributed by atoms with Gasteiger partial charge in [-0.05, 0) is 49.8 Å². The number of aryl methyl sites for hydroxylation is 1. The fourth-order valence-corrected chi connectivity index (χ4v) is 1.88. The van der Waals surface area contributed by atoms with Gasteiger partial charge in [-0.25, -0.2) is 8.78 Å². The molecule has 1 aromatic carbocycles. The quantitative estimate of drug-likeness (QED) is 0.803. The minimum atomic E-state index is -0.505. The number of hydrogen-bond acceptors (Lipinski definition) is 1. The second-order valence-electron chi connectivity index (χ2n) is 5.06. The second-order valence-corrected chi connectivity index (χ2v) is 5.06. The molecule has 1 atom stereocenters. The van der Waals surface area contributed by atoms with Crippen molar-refractivity contribution in [1.82, 2.24) is 5.32 Å². The minimum Gasteiger partial charge on any atom is -0.314 e. The van der Waals surface area contributed by atoms with Gasteiger partial charge in [0.15, 0.2) is 0 Å². The molecule has 1 aliphatic carbocycles. The maximum absolute atomic E-state index is 13.4. The van der Waals surface area contributed by atoms with Crippen LogP contribution in [0.5, 0.6) is 0 Å². The number of rotatable bonds is 6. The first-order chi connectivity index (χ1) is 8.15. The highest BCUT2D eigenvalue weighted by atomic mass is 19.1. The van der Waals surface area contributed by atoms with Gasteiger partial charge < -0.3 is 5.32 Å². The highest BCUT2D eigenvalue weighted by molar-refractivity contribution is 5.18. The SMILES string of the molecule is CC(CCc1ccc(F)cc1F)CNC1CC1. The summed E-state index contributed by atoms with van der Waals surface area (Å²) in [5, 5.41) is 3.46. The van der Waals surface area contributed by atoms with Gasteiger partial charge in [-0.3, -0.25) is 0 Å². The van der Waals surface area contributed by atoms with Crippen molar-refractivity contribution in [3.05, 3.63) is 35.4 Å². The predicted molar refractivity (Wildman–Crippen MR) is 64.9 cm³/mol. The molecule has 0 aromatic heterocycles. The van der Waals surface area contributed by atoms with Crippen molar-refractivity contribution in [3.8, 4) is 0 Å². The highest BCUT2D eigenvalue weighted by Gasteiger charge is 2.20. The maximum Gasteiger partial charge on any atom is 0.129 e. The van der Waals surface area contributed by atoms with E-state index in [-0.39, 0.29) is 0 Å². The van der Waals surface area contributed by atoms with Crippen molar-refractivity contribution in [1.29, 1.82) is 0 Å². The van der Waals surface area contributed by atoms with E-state index >= 15 is 0 Å². The van der Waals surface area contributed by atoms with Crippen LogP contribution >= 0.6 is 0 Å². The number of nitrogens with one attached hydrogen (secondary N) is 1. The van der Waals surface area contributed by atoms with Crippen molar-refractivity contribution in [2.24, 2.45) is 5.92 Å². The topological polar surface area (TPSA) is 12.0 Å². The third kappa shape index (κ3) is 4.08. The number of benzene rings is 1. The average molecular weight is 239 g/mol. The first-order valence-electron chi connectivity index (χ1n) is 6.32. The maximum atomic E-state index is 13.4. The lowest BCUT2D eigenvalue weighted by Gasteiger charge is -2.12. The molecule has 0 heterocycles. The van der Waals surface area contributed by atoms with Crippen LogP contribution in [0.25, 0.3) is 0 Å². The summed E-state index contributed by atoms with van der Waals surface area (Å²) in [6.07, 6.45) is 4.19. The van der Waals surface area contributed by atoms with Crippen molar-refractivity contribution < 1.29 is 8.78 Å². The average Bonchev–Trinajstić information content (AvgIpc) is 3.09. The van der Waals surface area contributed by atoms with Crippen LogP contribution in [0.4, 0.5) is 8.78 Å². The first-order valence-corrected chi connectivity index (χ1v) is 6.32. The molecule has 0 spiro atoms. The van der Waals surface area contributed by atoms with Gasteiger partial charge in [-0.15, -0.1) is 0 Å². The van der Waals surface area contributed by atoms with Crippen LogP contribution in [0, 0.1) is 17.6 Å². The van der Waals surface area contributed by atoms with E-state index in [0.29, 0.717) is 17.9 Å². The molecule has 0 aliphatic heterocycles. The number of halogens is 2. The Bertz CT molecular complexity index is 374. The summed E-state index contributed by atoms with van der Waals surface area (Å²) in [5.74, 6) is -0.401. The van der Waals surface area contributed by atoms with E-state index in [1.165, 1.54) is 18.9 Å². The van der Waals surface area contributed by atoms with Crippen LogP contribution in [-0.2, 0) is 6.42 Å². The Hall–Kier alpha value is -0.960. The summed E-state index contributed by atoms with van der Waals surface area (Å²) in [5.41, 5.74) is 0.615. The lowest BCUT2D eigenvalue weighted by molar-refractivity contribution is 0.473. The molecule has 1 aliphatic rings. The second kappa shape index (κ2) is 5.58. The van der Waals surface area contributed by atoms with Gasteiger partial charge >= 0.3 is 0 Å². The van der Waals surface area contributed by atoms with E-state index in [0.717, 1.165) is 25.1 Å². The standard InChI is InChI=1S/C14H19F2N/c1-10(9-17-13-6-7-13)2-3-11-4-5-12(15)8-14(11)16/h4-5,8,10,13,17H,2-3,6-7,9H2,1H3. The number of hydrogen-bond donors (Lipinski definition) is 1. The van der Waals surface area contributed by atoms with Crippen LogP contribution in [0.2, 0.25) is 0 Å². The summed E-state index contributed by atoms with van der Waals surface area (Å²) in [7, 11) is 0. The monoisotopic (exact) mass is 239 g/mol. The van der Waals surface area contributed by atoms with Crippen molar-refractivity contribution in [3.63, 3.8) is 0 Å². The molecule has 1 nitrogen and oxygen atoms in total. The molecule has 0 bridgehead atoms. The lowest BCUT2D eigenvalue weighted by Crippen LogP contribution is -2.23. The zero-order valence-electron chi connectivity index (χ0n) is 10.2. The zero-order valence-corrected chi connectivity index (χ0v) is 10.2. The summed E-state index contributed by atoms with van der Waals surface area (Å²) >= 11 is 0. The molecule has 1 fully saturated rings. The Morgan fingerprint density at radius 1 is 1.35 bits per heavy atom. The Labute approximate surface area is 101 Å². The molecule has 0 amide bonds. The minimum absolute atomic E-state index is 0.424. The smallest absolute Gasteiger partial charge is 0.129 e. The Morgan fingerprint density at radius 3 is 2.76 bits per heavy atom. The summed E-state index contributed by atoms with van der Waals surface area (Å²) in [6.45, 7) is 3.16. The zero-order chi connectivity index (χ0) is 12.3. The Kier molecular flexibility index (Phi) is 4.11. The van der Waals surface area contributed by atoms with Gasteiger partial charge in [0.2, 0.25) is 0 Å². The lowest BCUT2D eigenvalue weighted by atomic mass is 10.0. The van der Waals surface area contributed by atoms with Crippen LogP contribution in [0.3, 0.4) is 0 Å². The van der Waals surface area contributed by atoms with Gasteiger partial charge in [0.25, 0.3) is 0 Å². The molecule has 17 heavy (non-hydrogen) atoms. The molecule has 2 rings (SSSR count). The van der Waals surface area contributed by atoms with E-state index in [1.807, 2.05) is 0 Å². The van der Waals surface area contributed by atoms with Crippen molar-refractivity contribution >= 4 is 0 Å². The van der Waals surface area contributed by atoms with Crippen molar-refractivity contribution in [2.45, 2.75) is 38.6 Å². The van der Waals surface area contributed by atoms with E-state index in [1.54, 1.807) is 6.07 Å². The van der Waals surface area contributed by atoms with E-state index in [2.05, 4.69) is 12.2 Å². The Morgan fingerprint density at radius 2 is 2.12 bits per heavy atom. The van der Waals surface area contributed by atoms with Gasteiger partial charge in [-0.1, -0.05) is 13.0 Å². The van der Waals surface area contributed by atoms with Gasteiger partial charge in [-0.2, -0.15) is 0 Å². The predicted octanol–water partition coefficient (Wildman–Crippen LogP) is 3.29. The van der Waals surface area contributed by atoms with Gasteiger partial charge in [0, 0.05) is 12.1 Å². The normalized spacial score (nSPS) is 17.1. The molecule has 3 heteroatoms. The third-order valence-corrected chi connectivity index (χ3v) is 3.25. The molecule has 94 valence electrons. The van der Waals surface area contributed by atoms with Gasteiger partial charge in [0.1, 0.15) is 11.6 Å².